The monoisotopic (exact) mass is 722 g/mol. The van der Waals surface area contributed by atoms with Crippen molar-refractivity contribution in [1.82, 2.24) is 0 Å². The fourth-order valence-electron chi connectivity index (χ4n) is 2.76. The van der Waals surface area contributed by atoms with Gasteiger partial charge < -0.3 is 30.6 Å². The standard InChI is InChI=1S/3C11H24O2.Gd/c3*1-10(2,3)8(12)7-9(13)11(4,5)6;/h3*8-9,12-13H,7H2,1-6H3;. The Kier molecular flexibility index (Phi) is 21.8. The minimum Gasteiger partial charge on any atom is -0.392 e. The van der Waals surface area contributed by atoms with Crippen molar-refractivity contribution in [3.63, 3.8) is 0 Å². The molecule has 6 N–H and O–H groups in total. The van der Waals surface area contributed by atoms with Gasteiger partial charge in [0, 0.05) is 59.2 Å². The summed E-state index contributed by atoms with van der Waals surface area (Å²) in [5, 5.41) is 58.6. The zero-order chi connectivity index (χ0) is 32.6. The summed E-state index contributed by atoms with van der Waals surface area (Å²) in [6.07, 6.45) is -1.30. The molecule has 248 valence electrons. The third-order valence-corrected chi connectivity index (χ3v) is 7.34. The van der Waals surface area contributed by atoms with E-state index in [2.05, 4.69) is 0 Å². The Labute approximate surface area is 281 Å². The third-order valence-electron chi connectivity index (χ3n) is 7.34. The SMILES string of the molecule is CC(C)(C)C(O)CC(O)C(C)(C)C.CC(C)(C)C(O)CC(O)C(C)(C)C.CC(C)(C)C(O)CC(O)C(C)(C)C.[Gd]. The van der Waals surface area contributed by atoms with Gasteiger partial charge in [0.15, 0.2) is 0 Å². The van der Waals surface area contributed by atoms with Crippen LogP contribution in [0.15, 0.2) is 0 Å². The second-order valence-electron chi connectivity index (χ2n) is 18.0. The first-order chi connectivity index (χ1) is 16.6. The molecule has 0 aliphatic rings. The molecular weight excluding hydrogens is 650 g/mol. The van der Waals surface area contributed by atoms with E-state index in [1.807, 2.05) is 125 Å². The van der Waals surface area contributed by atoms with E-state index in [0.29, 0.717) is 19.3 Å². The van der Waals surface area contributed by atoms with Crippen molar-refractivity contribution >= 4 is 0 Å². The topological polar surface area (TPSA) is 121 Å². The minimum absolute atomic E-state index is 0. The molecule has 0 aromatic carbocycles. The van der Waals surface area contributed by atoms with Crippen LogP contribution >= 0.6 is 0 Å². The van der Waals surface area contributed by atoms with Crippen molar-refractivity contribution in [2.24, 2.45) is 32.5 Å². The molecule has 0 aromatic rings. The summed E-state index contributed by atoms with van der Waals surface area (Å²) in [6.45, 7) is 35.6. The van der Waals surface area contributed by atoms with Crippen molar-refractivity contribution in [1.29, 1.82) is 0 Å². The van der Waals surface area contributed by atoms with Crippen LogP contribution in [0.4, 0.5) is 0 Å². The van der Waals surface area contributed by atoms with Crippen LogP contribution in [0.3, 0.4) is 0 Å². The minimum atomic E-state index is -0.443. The molecule has 0 aliphatic carbocycles. The van der Waals surface area contributed by atoms with Crippen molar-refractivity contribution < 1.29 is 70.6 Å². The van der Waals surface area contributed by atoms with Crippen LogP contribution in [0.2, 0.25) is 0 Å². The van der Waals surface area contributed by atoms with E-state index >= 15 is 0 Å². The van der Waals surface area contributed by atoms with Gasteiger partial charge in [-0.05, 0) is 32.5 Å². The maximum Gasteiger partial charge on any atom is 0.0613 e. The Morgan fingerprint density at radius 1 is 0.275 bits per heavy atom. The Morgan fingerprint density at radius 2 is 0.350 bits per heavy atom. The van der Waals surface area contributed by atoms with Gasteiger partial charge in [-0.15, -0.1) is 0 Å². The van der Waals surface area contributed by atoms with E-state index in [4.69, 9.17) is 0 Å². The fraction of sp³-hybridized carbons (Fsp3) is 1.00. The number of aliphatic hydroxyl groups excluding tert-OH is 6. The average Bonchev–Trinajstić information content (AvgIpc) is 2.64. The van der Waals surface area contributed by atoms with E-state index in [9.17, 15) is 30.6 Å². The predicted molar refractivity (Wildman–Crippen MR) is 167 cm³/mol. The zero-order valence-electron chi connectivity index (χ0n) is 29.6. The summed E-state index contributed by atoms with van der Waals surface area (Å²) in [6, 6.07) is 0. The molecular formula is C33H72GdO6. The molecule has 0 aromatic heterocycles. The van der Waals surface area contributed by atoms with Crippen LogP contribution in [0.1, 0.15) is 144 Å². The molecule has 6 unspecified atom stereocenters. The summed E-state index contributed by atoms with van der Waals surface area (Å²) in [4.78, 5) is 0. The number of hydrogen-bond acceptors (Lipinski definition) is 6. The summed E-state index contributed by atoms with van der Waals surface area (Å²) in [7, 11) is 0. The first kappa shape index (κ1) is 48.0. The van der Waals surface area contributed by atoms with Gasteiger partial charge in [-0.1, -0.05) is 125 Å². The predicted octanol–water partition coefficient (Wildman–Crippen LogP) is 6.57. The van der Waals surface area contributed by atoms with Crippen LogP contribution in [-0.2, 0) is 0 Å². The van der Waals surface area contributed by atoms with Gasteiger partial charge in [0.05, 0.1) is 36.6 Å². The van der Waals surface area contributed by atoms with Gasteiger partial charge in [0.2, 0.25) is 0 Å². The average molecular weight is 722 g/mol. The van der Waals surface area contributed by atoms with Crippen LogP contribution in [-0.4, -0.2) is 67.3 Å². The molecule has 0 amide bonds. The summed E-state index contributed by atoms with van der Waals surface area (Å²) >= 11 is 0. The fourth-order valence-corrected chi connectivity index (χ4v) is 2.76. The Bertz CT molecular complexity index is 494. The second kappa shape index (κ2) is 18.1. The van der Waals surface area contributed by atoms with Gasteiger partial charge in [-0.25, -0.2) is 0 Å². The maximum atomic E-state index is 9.76. The Morgan fingerprint density at radius 3 is 0.400 bits per heavy atom. The molecule has 0 rings (SSSR count). The number of hydrogen-bond donors (Lipinski definition) is 6. The van der Waals surface area contributed by atoms with Crippen molar-refractivity contribution in [2.45, 2.75) is 181 Å². The molecule has 0 saturated heterocycles. The van der Waals surface area contributed by atoms with Crippen molar-refractivity contribution in [3.05, 3.63) is 0 Å². The molecule has 0 heterocycles. The molecule has 0 saturated carbocycles. The normalized spacial score (nSPS) is 18.0. The molecule has 0 aliphatic heterocycles. The third kappa shape index (κ3) is 23.5. The zero-order valence-corrected chi connectivity index (χ0v) is 31.9. The van der Waals surface area contributed by atoms with Gasteiger partial charge >= 0.3 is 0 Å². The van der Waals surface area contributed by atoms with Crippen LogP contribution < -0.4 is 0 Å². The molecule has 0 radical (unpaired) electrons. The van der Waals surface area contributed by atoms with Gasteiger partial charge in [-0.3, -0.25) is 0 Å². The molecule has 6 nitrogen and oxygen atoms in total. The number of aliphatic hydroxyl groups is 6. The maximum absolute atomic E-state index is 9.76. The van der Waals surface area contributed by atoms with Gasteiger partial charge in [-0.2, -0.15) is 0 Å². The van der Waals surface area contributed by atoms with E-state index in [0.717, 1.165) is 0 Å². The molecule has 6 atom stereocenters. The largest absolute Gasteiger partial charge is 0.392 e. The quantitative estimate of drug-likeness (QED) is 0.185. The van der Waals surface area contributed by atoms with Crippen LogP contribution in [0.5, 0.6) is 0 Å². The Hall–Kier alpha value is 1.08. The summed E-state index contributed by atoms with van der Waals surface area (Å²) in [5.74, 6) is 0. The van der Waals surface area contributed by atoms with Crippen LogP contribution in [0.25, 0.3) is 0 Å². The van der Waals surface area contributed by atoms with E-state index < -0.39 is 36.6 Å². The van der Waals surface area contributed by atoms with Crippen LogP contribution in [0, 0.1) is 72.4 Å². The van der Waals surface area contributed by atoms with Crippen molar-refractivity contribution in [2.75, 3.05) is 0 Å². The molecule has 0 bridgehead atoms. The van der Waals surface area contributed by atoms with E-state index in [1.165, 1.54) is 0 Å². The molecule has 0 fully saturated rings. The first-order valence-corrected chi connectivity index (χ1v) is 14.7. The number of rotatable bonds is 6. The van der Waals surface area contributed by atoms with Gasteiger partial charge in [0.25, 0.3) is 0 Å². The second-order valence-corrected chi connectivity index (χ2v) is 18.0. The first-order valence-electron chi connectivity index (χ1n) is 14.7. The molecule has 0 spiro atoms. The van der Waals surface area contributed by atoms with Crippen molar-refractivity contribution in [3.8, 4) is 0 Å². The Balaban J connectivity index is -0.000000240. The molecule has 7 heteroatoms. The molecule has 40 heavy (non-hydrogen) atoms. The summed E-state index contributed by atoms with van der Waals surface area (Å²) < 4.78 is 0. The smallest absolute Gasteiger partial charge is 0.0613 e. The van der Waals surface area contributed by atoms with Gasteiger partial charge in [0.1, 0.15) is 0 Å². The summed E-state index contributed by atoms with van der Waals surface area (Å²) in [5.41, 5.74) is -0.880. The van der Waals surface area contributed by atoms with E-state index in [1.54, 1.807) is 0 Å². The van der Waals surface area contributed by atoms with E-state index in [-0.39, 0.29) is 72.4 Å².